The van der Waals surface area contributed by atoms with E-state index in [1.807, 2.05) is 10.9 Å². The maximum absolute atomic E-state index is 5.70. The molecule has 1 atom stereocenters. The van der Waals surface area contributed by atoms with E-state index in [0.717, 1.165) is 26.3 Å². The zero-order chi connectivity index (χ0) is 15.6. The molecular formula is C18H25N3O. The lowest BCUT2D eigenvalue weighted by molar-refractivity contribution is -0.0127. The first-order chi connectivity index (χ1) is 10.5. The second kappa shape index (κ2) is 6.23. The number of benzene rings is 1. The molecule has 0 amide bonds. The Labute approximate surface area is 132 Å². The Balaban J connectivity index is 1.76. The lowest BCUT2D eigenvalue weighted by Crippen LogP contribution is -2.38. The van der Waals surface area contributed by atoms with Gasteiger partial charge < -0.3 is 4.74 Å². The summed E-state index contributed by atoms with van der Waals surface area (Å²) in [5, 5.41) is 4.51. The quantitative estimate of drug-likeness (QED) is 0.872. The zero-order valence-corrected chi connectivity index (χ0v) is 13.7. The van der Waals surface area contributed by atoms with Crippen molar-refractivity contribution >= 4 is 0 Å². The first-order valence-corrected chi connectivity index (χ1v) is 7.95. The highest BCUT2D eigenvalue weighted by molar-refractivity contribution is 5.20. The Morgan fingerprint density at radius 3 is 2.68 bits per heavy atom. The average molecular weight is 299 g/mol. The van der Waals surface area contributed by atoms with Crippen LogP contribution in [0, 0.1) is 0 Å². The number of hydrogen-bond acceptors (Lipinski definition) is 3. The van der Waals surface area contributed by atoms with Crippen LogP contribution in [0.15, 0.2) is 42.7 Å². The zero-order valence-electron chi connectivity index (χ0n) is 13.7. The van der Waals surface area contributed by atoms with Gasteiger partial charge in [0.15, 0.2) is 0 Å². The van der Waals surface area contributed by atoms with Gasteiger partial charge >= 0.3 is 0 Å². The minimum atomic E-state index is 0.0299. The molecule has 0 unspecified atom stereocenters. The highest BCUT2D eigenvalue weighted by Gasteiger charge is 2.25. The maximum Gasteiger partial charge on any atom is 0.0664 e. The first kappa shape index (κ1) is 15.3. The van der Waals surface area contributed by atoms with Crippen LogP contribution in [0.1, 0.15) is 37.9 Å². The summed E-state index contributed by atoms with van der Waals surface area (Å²) in [5.74, 6) is 0. The van der Waals surface area contributed by atoms with Gasteiger partial charge in [-0.25, -0.2) is 0 Å². The molecule has 4 heteroatoms. The fraction of sp³-hybridized carbons (Fsp3) is 0.500. The number of ether oxygens (including phenoxy) is 1. The fourth-order valence-electron chi connectivity index (χ4n) is 2.85. The summed E-state index contributed by atoms with van der Waals surface area (Å²) in [6, 6.07) is 11.0. The number of hydrogen-bond donors (Lipinski definition) is 0. The topological polar surface area (TPSA) is 30.3 Å². The van der Waals surface area contributed by atoms with Crippen LogP contribution in [-0.2, 0) is 16.8 Å². The van der Waals surface area contributed by atoms with Gasteiger partial charge in [-0.1, -0.05) is 30.3 Å². The third-order valence-electron chi connectivity index (χ3n) is 4.13. The summed E-state index contributed by atoms with van der Waals surface area (Å²) in [7, 11) is 0. The highest BCUT2D eigenvalue weighted by atomic mass is 16.5. The molecule has 118 valence electrons. The second-order valence-electron chi connectivity index (χ2n) is 6.94. The van der Waals surface area contributed by atoms with E-state index < -0.39 is 0 Å². The molecule has 0 spiro atoms. The average Bonchev–Trinajstić information content (AvgIpc) is 2.97. The standard InChI is InChI=1S/C18H25N3O/c1-18(2,3)21-13-15(11-19-21)12-20-9-10-22-14-17(20)16-7-5-4-6-8-16/h4-8,11,13,17H,9-10,12,14H2,1-3H3/t17-/m1/s1. The minimum Gasteiger partial charge on any atom is -0.378 e. The summed E-state index contributed by atoms with van der Waals surface area (Å²) >= 11 is 0. The van der Waals surface area contributed by atoms with Gasteiger partial charge in [-0.15, -0.1) is 0 Å². The summed E-state index contributed by atoms with van der Waals surface area (Å²) in [6.45, 7) is 9.95. The van der Waals surface area contributed by atoms with Crippen molar-refractivity contribution in [3.8, 4) is 0 Å². The SMILES string of the molecule is CC(C)(C)n1cc(CN2CCOC[C@@H]2c2ccccc2)cn1. The van der Waals surface area contributed by atoms with E-state index in [-0.39, 0.29) is 5.54 Å². The van der Waals surface area contributed by atoms with E-state index in [0.29, 0.717) is 6.04 Å². The molecule has 1 aromatic carbocycles. The fourth-order valence-corrected chi connectivity index (χ4v) is 2.85. The van der Waals surface area contributed by atoms with Crippen LogP contribution in [0.4, 0.5) is 0 Å². The molecule has 3 rings (SSSR count). The molecule has 1 aliphatic heterocycles. The number of morpholine rings is 1. The van der Waals surface area contributed by atoms with Gasteiger partial charge in [-0.3, -0.25) is 9.58 Å². The van der Waals surface area contributed by atoms with Crippen molar-refractivity contribution in [3.63, 3.8) is 0 Å². The summed E-state index contributed by atoms with van der Waals surface area (Å²) in [4.78, 5) is 2.49. The molecule has 0 bridgehead atoms. The predicted molar refractivity (Wildman–Crippen MR) is 87.6 cm³/mol. The van der Waals surface area contributed by atoms with Crippen LogP contribution >= 0.6 is 0 Å². The van der Waals surface area contributed by atoms with Crippen LogP contribution in [0.25, 0.3) is 0 Å². The van der Waals surface area contributed by atoms with Crippen molar-refractivity contribution in [2.75, 3.05) is 19.8 Å². The molecule has 2 heterocycles. The van der Waals surface area contributed by atoms with E-state index in [9.17, 15) is 0 Å². The van der Waals surface area contributed by atoms with Crippen LogP contribution < -0.4 is 0 Å². The van der Waals surface area contributed by atoms with Gasteiger partial charge in [-0.05, 0) is 26.3 Å². The van der Waals surface area contributed by atoms with Crippen LogP contribution in [0.2, 0.25) is 0 Å². The van der Waals surface area contributed by atoms with Crippen molar-refractivity contribution in [1.82, 2.24) is 14.7 Å². The van der Waals surface area contributed by atoms with E-state index in [2.05, 4.69) is 67.3 Å². The largest absolute Gasteiger partial charge is 0.378 e. The van der Waals surface area contributed by atoms with Crippen molar-refractivity contribution in [1.29, 1.82) is 0 Å². The molecule has 0 radical (unpaired) electrons. The summed E-state index contributed by atoms with van der Waals surface area (Å²) in [5.41, 5.74) is 2.62. The third kappa shape index (κ3) is 3.39. The van der Waals surface area contributed by atoms with Crippen LogP contribution in [-0.4, -0.2) is 34.4 Å². The van der Waals surface area contributed by atoms with Gasteiger partial charge in [-0.2, -0.15) is 5.10 Å². The Bertz CT molecular complexity index is 600. The minimum absolute atomic E-state index is 0.0299. The lowest BCUT2D eigenvalue weighted by atomic mass is 10.0. The predicted octanol–water partition coefficient (Wildman–Crippen LogP) is 3.21. The number of nitrogens with zero attached hydrogens (tertiary/aromatic N) is 3. The van der Waals surface area contributed by atoms with Crippen LogP contribution in [0.3, 0.4) is 0 Å². The Morgan fingerprint density at radius 2 is 2.00 bits per heavy atom. The van der Waals surface area contributed by atoms with Gasteiger partial charge in [0.25, 0.3) is 0 Å². The molecule has 1 aromatic heterocycles. The Morgan fingerprint density at radius 1 is 1.23 bits per heavy atom. The molecule has 1 fully saturated rings. The molecule has 1 saturated heterocycles. The van der Waals surface area contributed by atoms with Gasteiger partial charge in [0.05, 0.1) is 31.0 Å². The van der Waals surface area contributed by atoms with E-state index in [1.165, 1.54) is 11.1 Å². The van der Waals surface area contributed by atoms with E-state index in [4.69, 9.17) is 4.74 Å². The molecule has 2 aromatic rings. The molecule has 4 nitrogen and oxygen atoms in total. The van der Waals surface area contributed by atoms with Crippen molar-refractivity contribution in [2.24, 2.45) is 0 Å². The molecule has 1 aliphatic rings. The molecule has 0 N–H and O–H groups in total. The van der Waals surface area contributed by atoms with Crippen molar-refractivity contribution in [2.45, 2.75) is 38.9 Å². The second-order valence-corrected chi connectivity index (χ2v) is 6.94. The van der Waals surface area contributed by atoms with Gasteiger partial charge in [0.2, 0.25) is 0 Å². The number of aromatic nitrogens is 2. The molecule has 0 aliphatic carbocycles. The molecule has 22 heavy (non-hydrogen) atoms. The third-order valence-corrected chi connectivity index (χ3v) is 4.13. The molecule has 0 saturated carbocycles. The Hall–Kier alpha value is -1.65. The first-order valence-electron chi connectivity index (χ1n) is 7.95. The summed E-state index contributed by atoms with van der Waals surface area (Å²) in [6.07, 6.45) is 4.15. The number of rotatable bonds is 3. The summed E-state index contributed by atoms with van der Waals surface area (Å²) < 4.78 is 7.74. The lowest BCUT2D eigenvalue weighted by Gasteiger charge is -2.35. The van der Waals surface area contributed by atoms with Gasteiger partial charge in [0, 0.05) is 24.8 Å². The van der Waals surface area contributed by atoms with E-state index in [1.54, 1.807) is 0 Å². The highest BCUT2D eigenvalue weighted by Crippen LogP contribution is 2.26. The normalized spacial score (nSPS) is 20.2. The van der Waals surface area contributed by atoms with E-state index >= 15 is 0 Å². The van der Waals surface area contributed by atoms with Crippen LogP contribution in [0.5, 0.6) is 0 Å². The van der Waals surface area contributed by atoms with Crippen molar-refractivity contribution < 1.29 is 4.74 Å². The maximum atomic E-state index is 5.70. The van der Waals surface area contributed by atoms with Gasteiger partial charge in [0.1, 0.15) is 0 Å². The smallest absolute Gasteiger partial charge is 0.0664 e. The Kier molecular flexibility index (Phi) is 4.32. The van der Waals surface area contributed by atoms with Crippen molar-refractivity contribution in [3.05, 3.63) is 53.9 Å². The molecular weight excluding hydrogens is 274 g/mol. The monoisotopic (exact) mass is 299 g/mol.